The average Bonchev–Trinajstić information content (AvgIpc) is 3.27. The fraction of sp³-hybridized carbons (Fsp3) is 0.280. The molecular weight excluding hydrogens is 332 g/mol. The smallest absolute Gasteiger partial charge is 0.143 e. The molecule has 0 spiro atoms. The molecule has 1 aliphatic heterocycles. The average molecular weight is 358 g/mol. The van der Waals surface area contributed by atoms with Crippen molar-refractivity contribution in [1.29, 1.82) is 0 Å². The predicted octanol–water partition coefficient (Wildman–Crippen LogP) is 5.56. The summed E-state index contributed by atoms with van der Waals surface area (Å²) in [6.45, 7) is 1.54. The minimum atomic E-state index is -0.623. The van der Waals surface area contributed by atoms with Crippen molar-refractivity contribution in [2.75, 3.05) is 13.2 Å². The van der Waals surface area contributed by atoms with Crippen LogP contribution in [0, 0.1) is 0 Å². The van der Waals surface area contributed by atoms with Crippen LogP contribution in [0.3, 0.4) is 0 Å². The Kier molecular flexibility index (Phi) is 5.66. The van der Waals surface area contributed by atoms with Crippen molar-refractivity contribution in [3.05, 3.63) is 108 Å². The second-order valence-corrected chi connectivity index (χ2v) is 7.05. The van der Waals surface area contributed by atoms with E-state index in [4.69, 9.17) is 9.47 Å². The van der Waals surface area contributed by atoms with Crippen molar-refractivity contribution < 1.29 is 9.47 Å². The van der Waals surface area contributed by atoms with Crippen LogP contribution < -0.4 is 0 Å². The van der Waals surface area contributed by atoms with Gasteiger partial charge in [-0.25, -0.2) is 0 Å². The van der Waals surface area contributed by atoms with Crippen LogP contribution in [0.1, 0.15) is 36.0 Å². The molecule has 0 amide bonds. The first kappa shape index (κ1) is 18.0. The number of benzene rings is 3. The summed E-state index contributed by atoms with van der Waals surface area (Å²) in [6.07, 6.45) is 3.54. The van der Waals surface area contributed by atoms with Crippen LogP contribution in [0.4, 0.5) is 0 Å². The predicted molar refractivity (Wildman–Crippen MR) is 109 cm³/mol. The third-order valence-electron chi connectivity index (χ3n) is 5.32. The molecule has 3 aromatic rings. The van der Waals surface area contributed by atoms with Crippen LogP contribution in [0.25, 0.3) is 0 Å². The lowest BCUT2D eigenvalue weighted by atomic mass is 9.80. The lowest BCUT2D eigenvalue weighted by Gasteiger charge is -2.36. The third-order valence-corrected chi connectivity index (χ3v) is 5.32. The van der Waals surface area contributed by atoms with Gasteiger partial charge in [-0.3, -0.25) is 0 Å². The van der Waals surface area contributed by atoms with E-state index < -0.39 is 5.60 Å². The first-order chi connectivity index (χ1) is 13.4. The number of hydrogen-bond donors (Lipinski definition) is 0. The Balaban J connectivity index is 1.76. The molecular formula is C25H26O2. The highest BCUT2D eigenvalue weighted by atomic mass is 16.5. The second-order valence-electron chi connectivity index (χ2n) is 7.05. The Labute approximate surface area is 161 Å². The molecule has 0 N–H and O–H groups in total. The third kappa shape index (κ3) is 3.83. The molecule has 1 fully saturated rings. The number of ether oxygens (including phenoxy) is 2. The van der Waals surface area contributed by atoms with Gasteiger partial charge in [0.25, 0.3) is 0 Å². The Hall–Kier alpha value is -2.42. The van der Waals surface area contributed by atoms with Crippen molar-refractivity contribution in [2.24, 2.45) is 0 Å². The molecule has 2 nitrogen and oxygen atoms in total. The van der Waals surface area contributed by atoms with E-state index in [9.17, 15) is 0 Å². The van der Waals surface area contributed by atoms with Gasteiger partial charge in [-0.05, 0) is 36.0 Å². The van der Waals surface area contributed by atoms with Gasteiger partial charge in [-0.15, -0.1) is 0 Å². The van der Waals surface area contributed by atoms with Gasteiger partial charge in [0.2, 0.25) is 0 Å². The van der Waals surface area contributed by atoms with E-state index >= 15 is 0 Å². The van der Waals surface area contributed by atoms with Crippen LogP contribution >= 0.6 is 0 Å². The fourth-order valence-corrected chi connectivity index (χ4v) is 3.98. The lowest BCUT2D eigenvalue weighted by molar-refractivity contribution is -0.00993. The standard InChI is InChI=1S/C25H26O2/c1-4-11-21(12-5-1)25(22-13-6-2-7-14-22,23-15-8-3-9-16-23)27-20-18-24-17-10-19-26-24/h1-9,11-16,24H,10,17-20H2/t24-/m0/s1. The van der Waals surface area contributed by atoms with E-state index in [0.29, 0.717) is 12.7 Å². The summed E-state index contributed by atoms with van der Waals surface area (Å²) >= 11 is 0. The summed E-state index contributed by atoms with van der Waals surface area (Å²) in [4.78, 5) is 0. The van der Waals surface area contributed by atoms with E-state index in [-0.39, 0.29) is 0 Å². The molecule has 3 aromatic carbocycles. The van der Waals surface area contributed by atoms with Gasteiger partial charge in [0.1, 0.15) is 5.60 Å². The summed E-state index contributed by atoms with van der Waals surface area (Å²) in [5, 5.41) is 0. The highest BCUT2D eigenvalue weighted by Crippen LogP contribution is 2.40. The van der Waals surface area contributed by atoms with Crippen LogP contribution in [0.2, 0.25) is 0 Å². The Morgan fingerprint density at radius 2 is 1.22 bits per heavy atom. The molecule has 2 heteroatoms. The summed E-state index contributed by atoms with van der Waals surface area (Å²) in [7, 11) is 0. The van der Waals surface area contributed by atoms with Gasteiger partial charge in [0.15, 0.2) is 0 Å². The maximum Gasteiger partial charge on any atom is 0.143 e. The van der Waals surface area contributed by atoms with Gasteiger partial charge in [-0.2, -0.15) is 0 Å². The quantitative estimate of drug-likeness (QED) is 0.515. The molecule has 0 unspecified atom stereocenters. The molecule has 0 bridgehead atoms. The molecule has 1 saturated heterocycles. The molecule has 0 radical (unpaired) electrons. The van der Waals surface area contributed by atoms with E-state index in [0.717, 1.165) is 42.6 Å². The molecule has 1 atom stereocenters. The maximum absolute atomic E-state index is 6.77. The number of hydrogen-bond acceptors (Lipinski definition) is 2. The van der Waals surface area contributed by atoms with Gasteiger partial charge >= 0.3 is 0 Å². The monoisotopic (exact) mass is 358 g/mol. The van der Waals surface area contributed by atoms with Crippen molar-refractivity contribution in [3.8, 4) is 0 Å². The molecule has 1 heterocycles. The van der Waals surface area contributed by atoms with Gasteiger partial charge in [0.05, 0.1) is 12.7 Å². The molecule has 0 aliphatic carbocycles. The molecule has 0 aromatic heterocycles. The molecule has 138 valence electrons. The number of rotatable bonds is 7. The topological polar surface area (TPSA) is 18.5 Å². The lowest BCUT2D eigenvalue weighted by Crippen LogP contribution is -2.34. The zero-order valence-electron chi connectivity index (χ0n) is 15.6. The van der Waals surface area contributed by atoms with E-state index in [1.54, 1.807) is 0 Å². The summed E-state index contributed by atoms with van der Waals surface area (Å²) in [5.74, 6) is 0. The minimum Gasteiger partial charge on any atom is -0.378 e. The fourth-order valence-electron chi connectivity index (χ4n) is 3.98. The van der Waals surface area contributed by atoms with Gasteiger partial charge < -0.3 is 9.47 Å². The normalized spacial score (nSPS) is 17.1. The SMILES string of the molecule is c1ccc(C(OCC[C@@H]2CCCO2)(c2ccccc2)c2ccccc2)cc1. The first-order valence-electron chi connectivity index (χ1n) is 9.82. The van der Waals surface area contributed by atoms with E-state index in [1.165, 1.54) is 0 Å². The summed E-state index contributed by atoms with van der Waals surface area (Å²) in [6, 6.07) is 31.6. The molecule has 4 rings (SSSR count). The van der Waals surface area contributed by atoms with Crippen LogP contribution in [0.5, 0.6) is 0 Å². The molecule has 27 heavy (non-hydrogen) atoms. The maximum atomic E-state index is 6.77. The van der Waals surface area contributed by atoms with Crippen molar-refractivity contribution in [3.63, 3.8) is 0 Å². The largest absolute Gasteiger partial charge is 0.378 e. The Morgan fingerprint density at radius 1 is 0.741 bits per heavy atom. The van der Waals surface area contributed by atoms with Crippen molar-refractivity contribution in [2.45, 2.75) is 31.0 Å². The molecule has 1 aliphatic rings. The van der Waals surface area contributed by atoms with Crippen molar-refractivity contribution >= 4 is 0 Å². The Morgan fingerprint density at radius 3 is 1.63 bits per heavy atom. The zero-order valence-corrected chi connectivity index (χ0v) is 15.6. The Bertz CT molecular complexity index is 712. The zero-order chi connectivity index (χ0) is 18.4. The second kappa shape index (κ2) is 8.51. The molecule has 0 saturated carbocycles. The van der Waals surface area contributed by atoms with Crippen LogP contribution in [-0.2, 0) is 15.1 Å². The van der Waals surface area contributed by atoms with Gasteiger partial charge in [-0.1, -0.05) is 91.0 Å². The van der Waals surface area contributed by atoms with E-state index in [1.807, 2.05) is 0 Å². The first-order valence-corrected chi connectivity index (χ1v) is 9.82. The highest BCUT2D eigenvalue weighted by Gasteiger charge is 2.37. The highest BCUT2D eigenvalue weighted by molar-refractivity contribution is 5.47. The van der Waals surface area contributed by atoms with Crippen molar-refractivity contribution in [1.82, 2.24) is 0 Å². The minimum absolute atomic E-state index is 0.324. The van der Waals surface area contributed by atoms with Crippen LogP contribution in [0.15, 0.2) is 91.0 Å². The van der Waals surface area contributed by atoms with E-state index in [2.05, 4.69) is 91.0 Å². The summed E-state index contributed by atoms with van der Waals surface area (Å²) in [5.41, 5.74) is 2.82. The van der Waals surface area contributed by atoms with Crippen LogP contribution in [-0.4, -0.2) is 19.3 Å². The summed E-state index contributed by atoms with van der Waals surface area (Å²) < 4.78 is 12.6. The van der Waals surface area contributed by atoms with Gasteiger partial charge in [0, 0.05) is 6.61 Å².